The Labute approximate surface area is 108 Å². The van der Waals surface area contributed by atoms with Gasteiger partial charge in [-0.2, -0.15) is 16.7 Å². The molecule has 1 saturated heterocycles. The number of nitrogens with zero attached hydrogens (tertiary/aromatic N) is 3. The first-order valence-corrected chi connectivity index (χ1v) is 6.66. The monoisotopic (exact) mass is 270 g/mol. The minimum absolute atomic E-state index is 0.139. The summed E-state index contributed by atoms with van der Waals surface area (Å²) in [5.41, 5.74) is 2.13. The molecule has 0 saturated carbocycles. The third kappa shape index (κ3) is 2.99. The zero-order valence-electron chi connectivity index (χ0n) is 9.63. The summed E-state index contributed by atoms with van der Waals surface area (Å²) < 4.78 is 0. The number of aromatic nitrogens is 2. The van der Waals surface area contributed by atoms with Gasteiger partial charge < -0.3 is 5.32 Å². The van der Waals surface area contributed by atoms with Crippen LogP contribution < -0.4 is 16.6 Å². The van der Waals surface area contributed by atoms with Crippen LogP contribution in [-0.2, 0) is 0 Å². The number of thioether (sulfide) groups is 1. The summed E-state index contributed by atoms with van der Waals surface area (Å²) in [6.45, 7) is 0.675. The van der Waals surface area contributed by atoms with E-state index in [-0.39, 0.29) is 17.5 Å². The zero-order valence-corrected chi connectivity index (χ0v) is 10.4. The summed E-state index contributed by atoms with van der Waals surface area (Å²) in [6.07, 6.45) is 2.27. The second-order valence-corrected chi connectivity index (χ2v) is 5.09. The first-order chi connectivity index (χ1) is 8.70. The molecule has 1 aromatic heterocycles. The molecule has 1 aromatic rings. The molecule has 1 aliphatic heterocycles. The predicted molar refractivity (Wildman–Crippen MR) is 70.4 cm³/mol. The number of hydrazine groups is 1. The highest BCUT2D eigenvalue weighted by molar-refractivity contribution is 7.99. The molecule has 4 N–H and O–H groups in total. The van der Waals surface area contributed by atoms with Gasteiger partial charge in [0.05, 0.1) is 4.92 Å². The van der Waals surface area contributed by atoms with E-state index in [1.165, 1.54) is 0 Å². The molecule has 9 heteroatoms. The average Bonchev–Trinajstić information content (AvgIpc) is 2.88. The fourth-order valence-corrected chi connectivity index (χ4v) is 2.98. The van der Waals surface area contributed by atoms with Gasteiger partial charge in [-0.3, -0.25) is 15.5 Å². The number of nitrogen functional groups attached to an aromatic ring is 1. The molecule has 1 fully saturated rings. The summed E-state index contributed by atoms with van der Waals surface area (Å²) in [4.78, 5) is 18.0. The van der Waals surface area contributed by atoms with Crippen LogP contribution in [-0.4, -0.2) is 32.9 Å². The van der Waals surface area contributed by atoms with Crippen LogP contribution in [0.15, 0.2) is 6.20 Å². The molecule has 1 aliphatic rings. The normalized spacial score (nSPS) is 18.6. The summed E-state index contributed by atoms with van der Waals surface area (Å²) in [7, 11) is 0. The van der Waals surface area contributed by atoms with E-state index in [0.717, 1.165) is 24.1 Å². The number of nitrogens with two attached hydrogens (primary N) is 1. The Balaban J connectivity index is 2.10. The second kappa shape index (κ2) is 5.83. The quantitative estimate of drug-likeness (QED) is 0.409. The van der Waals surface area contributed by atoms with Gasteiger partial charge >= 0.3 is 5.69 Å². The van der Waals surface area contributed by atoms with Crippen molar-refractivity contribution in [1.29, 1.82) is 0 Å². The molecular weight excluding hydrogens is 256 g/mol. The van der Waals surface area contributed by atoms with Gasteiger partial charge in [0, 0.05) is 6.54 Å². The Morgan fingerprint density at radius 2 is 2.50 bits per heavy atom. The number of hydrogen-bond donors (Lipinski definition) is 3. The SMILES string of the molecule is NNc1ncc([N+](=O)[O-])c(NCC2CCSC2)n1. The van der Waals surface area contributed by atoms with Crippen molar-refractivity contribution in [3.63, 3.8) is 0 Å². The maximum Gasteiger partial charge on any atom is 0.329 e. The van der Waals surface area contributed by atoms with E-state index in [2.05, 4.69) is 20.7 Å². The molecule has 0 radical (unpaired) electrons. The van der Waals surface area contributed by atoms with Gasteiger partial charge in [-0.25, -0.2) is 10.8 Å². The smallest absolute Gasteiger partial charge is 0.329 e. The third-order valence-electron chi connectivity index (χ3n) is 2.68. The Morgan fingerprint density at radius 1 is 1.67 bits per heavy atom. The largest absolute Gasteiger partial charge is 0.364 e. The first-order valence-electron chi connectivity index (χ1n) is 5.50. The standard InChI is InChI=1S/C9H14N6O2S/c10-14-9-12-4-7(15(16)17)8(13-9)11-3-6-1-2-18-5-6/h4,6H,1-3,5,10H2,(H2,11,12,13,14). The van der Waals surface area contributed by atoms with Crippen LogP contribution in [0.25, 0.3) is 0 Å². The Kier molecular flexibility index (Phi) is 4.15. The van der Waals surface area contributed by atoms with Crippen LogP contribution in [0.3, 0.4) is 0 Å². The van der Waals surface area contributed by atoms with Crippen LogP contribution in [0, 0.1) is 16.0 Å². The maximum absolute atomic E-state index is 10.8. The van der Waals surface area contributed by atoms with E-state index in [0.29, 0.717) is 12.5 Å². The zero-order chi connectivity index (χ0) is 13.0. The molecular formula is C9H14N6O2S. The van der Waals surface area contributed by atoms with E-state index in [9.17, 15) is 10.1 Å². The molecule has 0 amide bonds. The maximum atomic E-state index is 10.8. The number of anilines is 2. The Bertz CT molecular complexity index is 437. The summed E-state index contributed by atoms with van der Waals surface area (Å²) in [5.74, 6) is 8.30. The van der Waals surface area contributed by atoms with Crippen molar-refractivity contribution >= 4 is 29.2 Å². The second-order valence-electron chi connectivity index (χ2n) is 3.94. The molecule has 0 aliphatic carbocycles. The topological polar surface area (TPSA) is 119 Å². The molecule has 0 aromatic carbocycles. The van der Waals surface area contributed by atoms with Crippen LogP contribution in [0.5, 0.6) is 0 Å². The van der Waals surface area contributed by atoms with Crippen LogP contribution >= 0.6 is 11.8 Å². The van der Waals surface area contributed by atoms with Crippen molar-refractivity contribution in [2.75, 3.05) is 28.8 Å². The van der Waals surface area contributed by atoms with Crippen molar-refractivity contribution in [3.8, 4) is 0 Å². The molecule has 18 heavy (non-hydrogen) atoms. The van der Waals surface area contributed by atoms with E-state index < -0.39 is 4.92 Å². The van der Waals surface area contributed by atoms with E-state index in [4.69, 9.17) is 5.84 Å². The van der Waals surface area contributed by atoms with Gasteiger partial charge in [-0.15, -0.1) is 0 Å². The predicted octanol–water partition coefficient (Wildman–Crippen LogP) is 0.835. The van der Waals surface area contributed by atoms with Crippen LogP contribution in [0.4, 0.5) is 17.5 Å². The van der Waals surface area contributed by atoms with Crippen molar-refractivity contribution < 1.29 is 4.92 Å². The summed E-state index contributed by atoms with van der Waals surface area (Å²) in [5, 5.41) is 13.9. The molecule has 1 unspecified atom stereocenters. The summed E-state index contributed by atoms with van der Waals surface area (Å²) in [6, 6.07) is 0. The number of rotatable bonds is 5. The number of nitrogens with one attached hydrogen (secondary N) is 2. The molecule has 2 rings (SSSR count). The lowest BCUT2D eigenvalue weighted by atomic mass is 10.1. The van der Waals surface area contributed by atoms with Crippen molar-refractivity contribution in [2.45, 2.75) is 6.42 Å². The minimum Gasteiger partial charge on any atom is -0.364 e. The molecule has 8 nitrogen and oxygen atoms in total. The fourth-order valence-electron chi connectivity index (χ4n) is 1.69. The molecule has 0 bridgehead atoms. The number of hydrogen-bond acceptors (Lipinski definition) is 8. The molecule has 2 heterocycles. The van der Waals surface area contributed by atoms with Gasteiger partial charge in [0.25, 0.3) is 0 Å². The van der Waals surface area contributed by atoms with Crippen LogP contribution in [0.1, 0.15) is 6.42 Å². The lowest BCUT2D eigenvalue weighted by Gasteiger charge is -2.11. The lowest BCUT2D eigenvalue weighted by molar-refractivity contribution is -0.384. The van der Waals surface area contributed by atoms with Crippen molar-refractivity contribution in [2.24, 2.45) is 11.8 Å². The van der Waals surface area contributed by atoms with E-state index in [1.807, 2.05) is 11.8 Å². The van der Waals surface area contributed by atoms with Crippen LogP contribution in [0.2, 0.25) is 0 Å². The molecule has 1 atom stereocenters. The van der Waals surface area contributed by atoms with E-state index in [1.54, 1.807) is 0 Å². The Morgan fingerprint density at radius 3 is 3.11 bits per heavy atom. The van der Waals surface area contributed by atoms with Gasteiger partial charge in [0.1, 0.15) is 6.20 Å². The highest BCUT2D eigenvalue weighted by atomic mass is 32.2. The third-order valence-corrected chi connectivity index (χ3v) is 3.91. The fraction of sp³-hybridized carbons (Fsp3) is 0.556. The van der Waals surface area contributed by atoms with Crippen molar-refractivity contribution in [3.05, 3.63) is 16.3 Å². The minimum atomic E-state index is -0.508. The van der Waals surface area contributed by atoms with Gasteiger partial charge in [0.15, 0.2) is 0 Å². The first kappa shape index (κ1) is 12.8. The van der Waals surface area contributed by atoms with Crippen molar-refractivity contribution in [1.82, 2.24) is 9.97 Å². The lowest BCUT2D eigenvalue weighted by Crippen LogP contribution is -2.17. The van der Waals surface area contributed by atoms with Gasteiger partial charge in [0.2, 0.25) is 11.8 Å². The average molecular weight is 270 g/mol. The molecule has 0 spiro atoms. The highest BCUT2D eigenvalue weighted by Gasteiger charge is 2.20. The van der Waals surface area contributed by atoms with Gasteiger partial charge in [-0.1, -0.05) is 0 Å². The highest BCUT2D eigenvalue weighted by Crippen LogP contribution is 2.26. The summed E-state index contributed by atoms with van der Waals surface area (Å²) >= 11 is 1.90. The van der Waals surface area contributed by atoms with Gasteiger partial charge in [-0.05, 0) is 23.8 Å². The van der Waals surface area contributed by atoms with E-state index >= 15 is 0 Å². The number of nitro groups is 1. The molecule has 98 valence electrons. The Hall–Kier alpha value is -1.61.